The molecule has 0 aliphatic carbocycles. The zero-order valence-electron chi connectivity index (χ0n) is 17.1. The van der Waals surface area contributed by atoms with E-state index < -0.39 is 0 Å². The quantitative estimate of drug-likeness (QED) is 0.848. The third kappa shape index (κ3) is 4.39. The summed E-state index contributed by atoms with van der Waals surface area (Å²) in [6.07, 6.45) is 3.35. The lowest BCUT2D eigenvalue weighted by Gasteiger charge is -2.36. The Balaban J connectivity index is 1.26. The van der Waals surface area contributed by atoms with Gasteiger partial charge in [0.25, 0.3) is 0 Å². The molecule has 28 heavy (non-hydrogen) atoms. The van der Waals surface area contributed by atoms with Crippen LogP contribution >= 0.6 is 0 Å². The van der Waals surface area contributed by atoms with Gasteiger partial charge in [0.05, 0.1) is 0 Å². The van der Waals surface area contributed by atoms with Crippen molar-refractivity contribution in [1.82, 2.24) is 9.80 Å². The van der Waals surface area contributed by atoms with Crippen molar-refractivity contribution in [2.45, 2.75) is 39.7 Å². The van der Waals surface area contributed by atoms with Gasteiger partial charge in [0.1, 0.15) is 0 Å². The average molecular weight is 378 g/mol. The van der Waals surface area contributed by atoms with Gasteiger partial charge in [-0.25, -0.2) is 4.79 Å². The third-order valence-corrected chi connectivity index (χ3v) is 6.25. The molecule has 2 aromatic carbocycles. The summed E-state index contributed by atoms with van der Waals surface area (Å²) in [6, 6.07) is 15.0. The van der Waals surface area contributed by atoms with Gasteiger partial charge in [-0.1, -0.05) is 42.0 Å². The van der Waals surface area contributed by atoms with E-state index >= 15 is 0 Å². The Morgan fingerprint density at radius 3 is 2.54 bits per heavy atom. The summed E-state index contributed by atoms with van der Waals surface area (Å²) in [5, 5.41) is 3.09. The fourth-order valence-electron chi connectivity index (χ4n) is 4.54. The topological polar surface area (TPSA) is 35.6 Å². The van der Waals surface area contributed by atoms with Gasteiger partial charge in [-0.05, 0) is 61.8 Å². The van der Waals surface area contributed by atoms with Gasteiger partial charge in [-0.3, -0.25) is 4.90 Å². The summed E-state index contributed by atoms with van der Waals surface area (Å²) >= 11 is 0. The molecule has 148 valence electrons. The van der Waals surface area contributed by atoms with Crippen LogP contribution in [-0.2, 0) is 13.0 Å². The first-order valence-electron chi connectivity index (χ1n) is 10.5. The highest BCUT2D eigenvalue weighted by Crippen LogP contribution is 2.24. The lowest BCUT2D eigenvalue weighted by molar-refractivity contribution is 0.147. The van der Waals surface area contributed by atoms with Crippen LogP contribution in [0.4, 0.5) is 10.5 Å². The Kier molecular flexibility index (Phi) is 5.67. The van der Waals surface area contributed by atoms with Crippen LogP contribution in [-0.4, -0.2) is 42.0 Å². The van der Waals surface area contributed by atoms with Crippen LogP contribution in [0.5, 0.6) is 0 Å². The van der Waals surface area contributed by atoms with E-state index in [1.54, 1.807) is 0 Å². The van der Waals surface area contributed by atoms with Crippen molar-refractivity contribution >= 4 is 11.7 Å². The van der Waals surface area contributed by atoms with E-state index in [9.17, 15) is 4.79 Å². The number of nitrogens with zero attached hydrogens (tertiary/aromatic N) is 2. The number of fused-ring (bicyclic) bond motifs is 1. The van der Waals surface area contributed by atoms with Crippen LogP contribution < -0.4 is 5.32 Å². The van der Waals surface area contributed by atoms with Crippen molar-refractivity contribution in [2.24, 2.45) is 5.92 Å². The number of hydrogen-bond donors (Lipinski definition) is 1. The summed E-state index contributed by atoms with van der Waals surface area (Å²) in [4.78, 5) is 17.2. The number of benzene rings is 2. The lowest BCUT2D eigenvalue weighted by atomic mass is 9.94. The van der Waals surface area contributed by atoms with Crippen LogP contribution in [0.25, 0.3) is 0 Å². The maximum Gasteiger partial charge on any atom is 0.321 e. The molecule has 2 heterocycles. The minimum atomic E-state index is 0.0392. The van der Waals surface area contributed by atoms with E-state index in [-0.39, 0.29) is 6.03 Å². The van der Waals surface area contributed by atoms with Crippen molar-refractivity contribution in [1.29, 1.82) is 0 Å². The third-order valence-electron chi connectivity index (χ3n) is 6.25. The predicted octanol–water partition coefficient (Wildman–Crippen LogP) is 4.61. The predicted molar refractivity (Wildman–Crippen MR) is 115 cm³/mol. The van der Waals surface area contributed by atoms with E-state index in [1.165, 1.54) is 16.7 Å². The van der Waals surface area contributed by atoms with Gasteiger partial charge in [-0.15, -0.1) is 0 Å². The number of anilines is 1. The molecular formula is C24H31N3O. The highest BCUT2D eigenvalue weighted by molar-refractivity contribution is 5.90. The van der Waals surface area contributed by atoms with Gasteiger partial charge in [-0.2, -0.15) is 0 Å². The van der Waals surface area contributed by atoms with Crippen molar-refractivity contribution in [3.8, 4) is 0 Å². The van der Waals surface area contributed by atoms with Gasteiger partial charge in [0, 0.05) is 38.4 Å². The Morgan fingerprint density at radius 1 is 1.04 bits per heavy atom. The van der Waals surface area contributed by atoms with Crippen LogP contribution in [0.1, 0.15) is 35.1 Å². The normalized spacial score (nSPS) is 18.0. The van der Waals surface area contributed by atoms with E-state index in [0.29, 0.717) is 5.92 Å². The monoisotopic (exact) mass is 377 g/mol. The molecular weight excluding hydrogens is 346 g/mol. The van der Waals surface area contributed by atoms with E-state index in [1.807, 2.05) is 24.0 Å². The van der Waals surface area contributed by atoms with Crippen molar-refractivity contribution in [3.63, 3.8) is 0 Å². The molecule has 0 atom stereocenters. The Hall–Kier alpha value is -2.33. The van der Waals surface area contributed by atoms with Crippen LogP contribution in [0.15, 0.2) is 42.5 Å². The molecule has 0 spiro atoms. The number of nitrogens with one attached hydrogen (secondary N) is 1. The number of likely N-dealkylation sites (tertiary alicyclic amines) is 1. The molecule has 2 aromatic rings. The molecule has 4 heteroatoms. The Labute approximate surface area is 168 Å². The summed E-state index contributed by atoms with van der Waals surface area (Å²) < 4.78 is 0. The number of amides is 2. The highest BCUT2D eigenvalue weighted by Gasteiger charge is 2.26. The molecule has 1 fully saturated rings. The number of carbonyl (C=O) groups excluding carboxylic acids is 1. The van der Waals surface area contributed by atoms with Crippen molar-refractivity contribution in [2.75, 3.05) is 31.5 Å². The first-order chi connectivity index (χ1) is 13.6. The van der Waals surface area contributed by atoms with Gasteiger partial charge in [0.15, 0.2) is 0 Å². The Bertz CT molecular complexity index is 839. The van der Waals surface area contributed by atoms with Crippen LogP contribution in [0.3, 0.4) is 0 Å². The minimum absolute atomic E-state index is 0.0392. The number of hydrogen-bond acceptors (Lipinski definition) is 2. The second kappa shape index (κ2) is 8.36. The first kappa shape index (κ1) is 19.0. The summed E-state index contributed by atoms with van der Waals surface area (Å²) in [6.45, 7) is 9.21. The molecule has 4 rings (SSSR count). The average Bonchev–Trinajstić information content (AvgIpc) is 2.70. The van der Waals surface area contributed by atoms with Gasteiger partial charge < -0.3 is 10.2 Å². The maximum absolute atomic E-state index is 12.6. The minimum Gasteiger partial charge on any atom is -0.325 e. The van der Waals surface area contributed by atoms with Crippen LogP contribution in [0.2, 0.25) is 0 Å². The number of piperidine rings is 1. The second-order valence-electron chi connectivity index (χ2n) is 8.43. The van der Waals surface area contributed by atoms with Crippen molar-refractivity contribution in [3.05, 3.63) is 64.7 Å². The largest absolute Gasteiger partial charge is 0.325 e. The fourth-order valence-corrected chi connectivity index (χ4v) is 4.54. The molecule has 0 bridgehead atoms. The molecule has 2 aliphatic rings. The first-order valence-corrected chi connectivity index (χ1v) is 10.5. The molecule has 4 nitrogen and oxygen atoms in total. The molecule has 2 aliphatic heterocycles. The van der Waals surface area contributed by atoms with Crippen LogP contribution in [0, 0.1) is 19.8 Å². The zero-order valence-corrected chi connectivity index (χ0v) is 17.1. The highest BCUT2D eigenvalue weighted by atomic mass is 16.2. The smallest absolute Gasteiger partial charge is 0.321 e. The SMILES string of the molecule is Cc1ccc(NC(=O)N2CCC(CN3CCc4ccccc4C3)CC2)c(C)c1. The van der Waals surface area contributed by atoms with E-state index in [2.05, 4.69) is 47.5 Å². The molecule has 1 N–H and O–H groups in total. The molecule has 0 saturated carbocycles. The molecule has 2 amide bonds. The summed E-state index contributed by atoms with van der Waals surface area (Å²) in [5.74, 6) is 0.690. The summed E-state index contributed by atoms with van der Waals surface area (Å²) in [7, 11) is 0. The van der Waals surface area contributed by atoms with Gasteiger partial charge >= 0.3 is 6.03 Å². The fraction of sp³-hybridized carbons (Fsp3) is 0.458. The summed E-state index contributed by atoms with van der Waals surface area (Å²) in [5.41, 5.74) is 6.26. The van der Waals surface area contributed by atoms with Crippen molar-refractivity contribution < 1.29 is 4.79 Å². The molecule has 0 radical (unpaired) electrons. The second-order valence-corrected chi connectivity index (χ2v) is 8.43. The van der Waals surface area contributed by atoms with E-state index in [0.717, 1.165) is 63.2 Å². The lowest BCUT2D eigenvalue weighted by Crippen LogP contribution is -2.44. The Morgan fingerprint density at radius 2 is 1.79 bits per heavy atom. The number of carbonyl (C=O) groups is 1. The maximum atomic E-state index is 12.6. The number of urea groups is 1. The van der Waals surface area contributed by atoms with E-state index in [4.69, 9.17) is 0 Å². The van der Waals surface area contributed by atoms with Gasteiger partial charge in [0.2, 0.25) is 0 Å². The molecule has 1 saturated heterocycles. The molecule has 0 unspecified atom stereocenters. The standard InChI is InChI=1S/C24H31N3O/c1-18-7-8-23(19(2)15-18)25-24(28)27-13-9-20(10-14-27)16-26-12-11-21-5-3-4-6-22(21)17-26/h3-8,15,20H,9-14,16-17H2,1-2H3,(H,25,28). The zero-order chi connectivity index (χ0) is 19.5. The number of rotatable bonds is 3. The number of aryl methyl sites for hydroxylation is 2. The molecule has 0 aromatic heterocycles.